The van der Waals surface area contributed by atoms with E-state index in [0.717, 1.165) is 12.8 Å². The molecule has 1 fully saturated rings. The van der Waals surface area contributed by atoms with Gasteiger partial charge in [0, 0.05) is 7.11 Å². The molecule has 1 aromatic carbocycles. The molecule has 3 N–H and O–H groups in total. The number of hydrogen-bond acceptors (Lipinski definition) is 3. The van der Waals surface area contributed by atoms with Crippen molar-refractivity contribution in [2.75, 3.05) is 7.11 Å². The monoisotopic (exact) mass is 234 g/mol. The number of rotatable bonds is 4. The second-order valence-corrected chi connectivity index (χ2v) is 5.07. The minimum absolute atomic E-state index is 0.0838. The third kappa shape index (κ3) is 2.10. The zero-order valence-electron chi connectivity index (χ0n) is 10.9. The normalized spacial score (nSPS) is 19.8. The van der Waals surface area contributed by atoms with Crippen LogP contribution in [-0.2, 0) is 4.74 Å². The Morgan fingerprint density at radius 2 is 2.00 bits per heavy atom. The van der Waals surface area contributed by atoms with Crippen LogP contribution in [0.15, 0.2) is 18.2 Å². The van der Waals surface area contributed by atoms with Crippen LogP contribution in [0.25, 0.3) is 0 Å². The third-order valence-electron chi connectivity index (χ3n) is 4.16. The van der Waals surface area contributed by atoms with Gasteiger partial charge in [-0.1, -0.05) is 18.2 Å². The van der Waals surface area contributed by atoms with Crippen molar-refractivity contribution in [2.45, 2.75) is 44.8 Å². The van der Waals surface area contributed by atoms with Gasteiger partial charge in [-0.15, -0.1) is 0 Å². The summed E-state index contributed by atoms with van der Waals surface area (Å²) in [6.45, 7) is 4.26. The fraction of sp³-hybridized carbons (Fsp3) is 0.571. The second-order valence-electron chi connectivity index (χ2n) is 5.07. The summed E-state index contributed by atoms with van der Waals surface area (Å²) in [5.74, 6) is 5.73. The number of nitrogens with two attached hydrogens (primary N) is 1. The SMILES string of the molecule is COC1(C(NN)c2ccc(C)c(C)c2)CCC1. The van der Waals surface area contributed by atoms with Crippen molar-refractivity contribution in [3.8, 4) is 0 Å². The van der Waals surface area contributed by atoms with Gasteiger partial charge in [0.05, 0.1) is 11.6 Å². The van der Waals surface area contributed by atoms with Crippen LogP contribution in [0.3, 0.4) is 0 Å². The first-order valence-electron chi connectivity index (χ1n) is 6.21. The number of ether oxygens (including phenoxy) is 1. The van der Waals surface area contributed by atoms with Gasteiger partial charge >= 0.3 is 0 Å². The molecular weight excluding hydrogens is 212 g/mol. The van der Waals surface area contributed by atoms with Crippen molar-refractivity contribution < 1.29 is 4.74 Å². The molecule has 0 bridgehead atoms. The molecule has 1 aliphatic carbocycles. The maximum atomic E-state index is 5.73. The van der Waals surface area contributed by atoms with Gasteiger partial charge in [0.1, 0.15) is 0 Å². The lowest BCUT2D eigenvalue weighted by Crippen LogP contribution is -2.52. The maximum absolute atomic E-state index is 5.73. The summed E-state index contributed by atoms with van der Waals surface area (Å²) < 4.78 is 5.71. The lowest BCUT2D eigenvalue weighted by molar-refractivity contribution is -0.0999. The highest BCUT2D eigenvalue weighted by molar-refractivity contribution is 5.33. The summed E-state index contributed by atoms with van der Waals surface area (Å²) in [6, 6.07) is 6.59. The summed E-state index contributed by atoms with van der Waals surface area (Å²) in [7, 11) is 1.78. The molecule has 0 aliphatic heterocycles. The van der Waals surface area contributed by atoms with Crippen molar-refractivity contribution in [1.82, 2.24) is 5.43 Å². The molecule has 0 heterocycles. The van der Waals surface area contributed by atoms with Crippen molar-refractivity contribution in [1.29, 1.82) is 0 Å². The molecule has 0 radical (unpaired) electrons. The lowest BCUT2D eigenvalue weighted by Gasteiger charge is -2.46. The smallest absolute Gasteiger partial charge is 0.0885 e. The van der Waals surface area contributed by atoms with Crippen LogP contribution < -0.4 is 11.3 Å². The molecule has 3 nitrogen and oxygen atoms in total. The summed E-state index contributed by atoms with van der Waals surface area (Å²) in [5.41, 5.74) is 6.65. The average Bonchev–Trinajstić information content (AvgIpc) is 2.27. The molecule has 1 saturated carbocycles. The maximum Gasteiger partial charge on any atom is 0.0885 e. The van der Waals surface area contributed by atoms with Crippen LogP contribution in [-0.4, -0.2) is 12.7 Å². The molecule has 0 saturated heterocycles. The zero-order valence-corrected chi connectivity index (χ0v) is 10.9. The summed E-state index contributed by atoms with van der Waals surface area (Å²) >= 11 is 0. The minimum atomic E-state index is -0.115. The van der Waals surface area contributed by atoms with Crippen LogP contribution in [0.4, 0.5) is 0 Å². The van der Waals surface area contributed by atoms with E-state index in [0.29, 0.717) is 0 Å². The van der Waals surface area contributed by atoms with Gasteiger partial charge in [-0.05, 0) is 49.8 Å². The van der Waals surface area contributed by atoms with Gasteiger partial charge in [-0.25, -0.2) is 0 Å². The Morgan fingerprint density at radius 1 is 1.29 bits per heavy atom. The van der Waals surface area contributed by atoms with Crippen molar-refractivity contribution >= 4 is 0 Å². The first kappa shape index (κ1) is 12.6. The van der Waals surface area contributed by atoms with Crippen LogP contribution in [0.1, 0.15) is 42.0 Å². The van der Waals surface area contributed by atoms with E-state index in [-0.39, 0.29) is 11.6 Å². The molecule has 94 valence electrons. The summed E-state index contributed by atoms with van der Waals surface area (Å²) in [5, 5.41) is 0. The predicted octanol–water partition coefficient (Wildman–Crippen LogP) is 2.38. The highest BCUT2D eigenvalue weighted by Crippen LogP contribution is 2.44. The number of nitrogens with one attached hydrogen (secondary N) is 1. The van der Waals surface area contributed by atoms with Gasteiger partial charge in [-0.3, -0.25) is 11.3 Å². The van der Waals surface area contributed by atoms with Gasteiger partial charge in [0.15, 0.2) is 0 Å². The van der Waals surface area contributed by atoms with Crippen molar-refractivity contribution in [2.24, 2.45) is 5.84 Å². The van der Waals surface area contributed by atoms with E-state index in [1.807, 2.05) is 0 Å². The second kappa shape index (κ2) is 4.77. The van der Waals surface area contributed by atoms with E-state index in [9.17, 15) is 0 Å². The van der Waals surface area contributed by atoms with E-state index >= 15 is 0 Å². The molecule has 1 aromatic rings. The molecule has 2 rings (SSSR count). The standard InChI is InChI=1S/C14H22N2O/c1-10-5-6-12(9-11(10)2)13(16-15)14(17-3)7-4-8-14/h5-6,9,13,16H,4,7-8,15H2,1-3H3. The van der Waals surface area contributed by atoms with E-state index < -0.39 is 0 Å². The highest BCUT2D eigenvalue weighted by atomic mass is 16.5. The van der Waals surface area contributed by atoms with E-state index in [4.69, 9.17) is 10.6 Å². The fourth-order valence-corrected chi connectivity index (χ4v) is 2.63. The van der Waals surface area contributed by atoms with E-state index in [1.54, 1.807) is 7.11 Å². The Bertz CT molecular complexity index is 394. The Balaban J connectivity index is 2.31. The molecule has 0 amide bonds. The molecule has 17 heavy (non-hydrogen) atoms. The van der Waals surface area contributed by atoms with Crippen molar-refractivity contribution in [3.63, 3.8) is 0 Å². The van der Waals surface area contributed by atoms with Crippen LogP contribution in [0, 0.1) is 13.8 Å². The van der Waals surface area contributed by atoms with E-state index in [1.165, 1.54) is 23.1 Å². The van der Waals surface area contributed by atoms with Gasteiger partial charge < -0.3 is 4.74 Å². The predicted molar refractivity (Wildman–Crippen MR) is 69.6 cm³/mol. The van der Waals surface area contributed by atoms with Gasteiger partial charge in [0.2, 0.25) is 0 Å². The molecule has 0 spiro atoms. The van der Waals surface area contributed by atoms with Crippen LogP contribution >= 0.6 is 0 Å². The van der Waals surface area contributed by atoms with Gasteiger partial charge in [0.25, 0.3) is 0 Å². The Kier molecular flexibility index (Phi) is 3.52. The zero-order chi connectivity index (χ0) is 12.5. The van der Waals surface area contributed by atoms with Crippen molar-refractivity contribution in [3.05, 3.63) is 34.9 Å². The lowest BCUT2D eigenvalue weighted by atomic mass is 9.72. The quantitative estimate of drug-likeness (QED) is 0.621. The molecule has 1 aliphatic rings. The highest BCUT2D eigenvalue weighted by Gasteiger charge is 2.44. The fourth-order valence-electron chi connectivity index (χ4n) is 2.63. The molecule has 1 atom stereocenters. The third-order valence-corrected chi connectivity index (χ3v) is 4.16. The Labute approximate surface area is 103 Å². The first-order valence-corrected chi connectivity index (χ1v) is 6.21. The minimum Gasteiger partial charge on any atom is -0.376 e. The van der Waals surface area contributed by atoms with Crippen LogP contribution in [0.5, 0.6) is 0 Å². The Hall–Kier alpha value is -0.900. The van der Waals surface area contributed by atoms with Gasteiger partial charge in [-0.2, -0.15) is 0 Å². The largest absolute Gasteiger partial charge is 0.376 e. The summed E-state index contributed by atoms with van der Waals surface area (Å²) in [4.78, 5) is 0. The number of hydrogen-bond donors (Lipinski definition) is 2. The summed E-state index contributed by atoms with van der Waals surface area (Å²) in [6.07, 6.45) is 3.37. The topological polar surface area (TPSA) is 47.3 Å². The average molecular weight is 234 g/mol. The Morgan fingerprint density at radius 3 is 2.41 bits per heavy atom. The molecule has 3 heteroatoms. The molecule has 1 unspecified atom stereocenters. The first-order chi connectivity index (χ1) is 8.13. The molecule has 0 aromatic heterocycles. The number of methoxy groups -OCH3 is 1. The number of hydrazine groups is 1. The molecular formula is C14H22N2O. The van der Waals surface area contributed by atoms with E-state index in [2.05, 4.69) is 37.5 Å². The number of benzene rings is 1. The van der Waals surface area contributed by atoms with Crippen LogP contribution in [0.2, 0.25) is 0 Å². The number of aryl methyl sites for hydroxylation is 2.